The molecule has 2 atom stereocenters. The van der Waals surface area contributed by atoms with Crippen molar-refractivity contribution < 1.29 is 14.3 Å². The molecule has 1 fully saturated rings. The van der Waals surface area contributed by atoms with Gasteiger partial charge in [0.05, 0.1) is 7.11 Å². The average molecular weight is 361 g/mol. The summed E-state index contributed by atoms with van der Waals surface area (Å²) < 4.78 is 5.39. The van der Waals surface area contributed by atoms with Crippen LogP contribution in [-0.4, -0.2) is 34.5 Å². The van der Waals surface area contributed by atoms with Crippen LogP contribution in [0.25, 0.3) is 10.9 Å². The Morgan fingerprint density at radius 2 is 1.93 bits per heavy atom. The van der Waals surface area contributed by atoms with Gasteiger partial charge in [0.1, 0.15) is 17.3 Å². The van der Waals surface area contributed by atoms with Crippen molar-refractivity contribution in [3.63, 3.8) is 0 Å². The van der Waals surface area contributed by atoms with E-state index in [1.54, 1.807) is 12.0 Å². The minimum atomic E-state index is -0.928. The molecule has 2 aromatic carbocycles. The van der Waals surface area contributed by atoms with Crippen LogP contribution in [0.2, 0.25) is 0 Å². The number of carbonyl (C=O) groups is 2. The monoisotopic (exact) mass is 361 g/mol. The smallest absolute Gasteiger partial charge is 0.325 e. The van der Waals surface area contributed by atoms with Gasteiger partial charge in [0, 0.05) is 23.0 Å². The second-order valence-electron chi connectivity index (χ2n) is 7.32. The predicted molar refractivity (Wildman–Crippen MR) is 101 cm³/mol. The van der Waals surface area contributed by atoms with Gasteiger partial charge in [0.2, 0.25) is 0 Å². The molecule has 2 aliphatic heterocycles. The summed E-state index contributed by atoms with van der Waals surface area (Å²) in [6, 6.07) is 15.0. The van der Waals surface area contributed by atoms with Crippen LogP contribution in [0, 0.1) is 0 Å². The first-order valence-electron chi connectivity index (χ1n) is 8.91. The van der Waals surface area contributed by atoms with Gasteiger partial charge in [-0.15, -0.1) is 0 Å². The standard InChI is InChI=1S/C21H19N3O3/c1-21-11-15-14-10-13(27-2)8-9-16(14)22-17(15)18(12-6-4-3-5-7-12)24(21)20(26)23-19(21)25/h3-10,18,22H,11H2,1-2H3,(H,23,25,26). The first-order chi connectivity index (χ1) is 13.0. The molecule has 0 radical (unpaired) electrons. The molecule has 3 amide bonds. The molecule has 1 aromatic heterocycles. The summed E-state index contributed by atoms with van der Waals surface area (Å²) in [6.07, 6.45) is 0.455. The fourth-order valence-corrected chi connectivity index (χ4v) is 4.42. The number of hydrogen-bond donors (Lipinski definition) is 2. The Kier molecular flexibility index (Phi) is 3.16. The summed E-state index contributed by atoms with van der Waals surface area (Å²) in [5.41, 5.74) is 3.02. The number of carbonyl (C=O) groups excluding carboxylic acids is 2. The number of nitrogens with one attached hydrogen (secondary N) is 2. The van der Waals surface area contributed by atoms with E-state index < -0.39 is 5.54 Å². The van der Waals surface area contributed by atoms with E-state index in [1.165, 1.54) is 0 Å². The number of fused-ring (bicyclic) bond motifs is 4. The molecule has 0 bridgehead atoms. The first kappa shape index (κ1) is 15.9. The number of nitrogens with zero attached hydrogens (tertiary/aromatic N) is 1. The molecule has 0 saturated carbocycles. The van der Waals surface area contributed by atoms with E-state index >= 15 is 0 Å². The molecule has 6 heteroatoms. The molecular formula is C21H19N3O3. The van der Waals surface area contributed by atoms with Crippen LogP contribution >= 0.6 is 0 Å². The van der Waals surface area contributed by atoms with Gasteiger partial charge in [-0.25, -0.2) is 4.79 Å². The number of aromatic nitrogens is 1. The van der Waals surface area contributed by atoms with E-state index in [1.807, 2.05) is 55.5 Å². The van der Waals surface area contributed by atoms with Crippen LogP contribution in [0.1, 0.15) is 29.8 Å². The Morgan fingerprint density at radius 3 is 2.67 bits per heavy atom. The minimum absolute atomic E-state index is 0.253. The Morgan fingerprint density at radius 1 is 1.15 bits per heavy atom. The third kappa shape index (κ3) is 2.07. The van der Waals surface area contributed by atoms with Crippen LogP contribution < -0.4 is 10.1 Å². The highest BCUT2D eigenvalue weighted by atomic mass is 16.5. The summed E-state index contributed by atoms with van der Waals surface area (Å²) in [5, 5.41) is 3.53. The highest BCUT2D eigenvalue weighted by Crippen LogP contribution is 2.47. The van der Waals surface area contributed by atoms with Crippen molar-refractivity contribution in [2.75, 3.05) is 7.11 Å². The predicted octanol–water partition coefficient (Wildman–Crippen LogP) is 3.13. The van der Waals surface area contributed by atoms with E-state index in [0.717, 1.165) is 33.5 Å². The number of methoxy groups -OCH3 is 1. The van der Waals surface area contributed by atoms with Gasteiger partial charge >= 0.3 is 6.03 Å². The van der Waals surface area contributed by atoms with E-state index in [2.05, 4.69) is 10.3 Å². The van der Waals surface area contributed by atoms with E-state index in [9.17, 15) is 9.59 Å². The van der Waals surface area contributed by atoms with Crippen LogP contribution in [0.5, 0.6) is 5.75 Å². The molecule has 0 aliphatic carbocycles. The number of rotatable bonds is 2. The van der Waals surface area contributed by atoms with Gasteiger partial charge < -0.3 is 9.72 Å². The largest absolute Gasteiger partial charge is 0.497 e. The summed E-state index contributed by atoms with van der Waals surface area (Å²) in [4.78, 5) is 30.6. The van der Waals surface area contributed by atoms with Crippen molar-refractivity contribution in [1.29, 1.82) is 0 Å². The zero-order chi connectivity index (χ0) is 18.8. The fourth-order valence-electron chi connectivity index (χ4n) is 4.42. The second-order valence-corrected chi connectivity index (χ2v) is 7.32. The van der Waals surface area contributed by atoms with Crippen LogP contribution in [0.3, 0.4) is 0 Å². The zero-order valence-electron chi connectivity index (χ0n) is 15.1. The summed E-state index contributed by atoms with van der Waals surface area (Å²) in [6.45, 7) is 1.84. The van der Waals surface area contributed by atoms with Gasteiger partial charge in [0.15, 0.2) is 0 Å². The Hall–Kier alpha value is -3.28. The maximum absolute atomic E-state index is 12.7. The molecule has 2 N–H and O–H groups in total. The highest BCUT2D eigenvalue weighted by molar-refractivity contribution is 6.08. The number of imide groups is 1. The van der Waals surface area contributed by atoms with Crippen molar-refractivity contribution in [2.45, 2.75) is 24.9 Å². The van der Waals surface area contributed by atoms with Gasteiger partial charge in [0.25, 0.3) is 5.91 Å². The van der Waals surface area contributed by atoms with E-state index in [0.29, 0.717) is 6.42 Å². The lowest BCUT2D eigenvalue weighted by molar-refractivity contribution is -0.126. The minimum Gasteiger partial charge on any atom is -0.497 e. The lowest BCUT2D eigenvalue weighted by atomic mass is 9.81. The van der Waals surface area contributed by atoms with Gasteiger partial charge in [-0.2, -0.15) is 0 Å². The lowest BCUT2D eigenvalue weighted by Crippen LogP contribution is -2.53. The fraction of sp³-hybridized carbons (Fsp3) is 0.238. The quantitative estimate of drug-likeness (QED) is 0.689. The van der Waals surface area contributed by atoms with Gasteiger partial charge in [-0.1, -0.05) is 30.3 Å². The summed E-state index contributed by atoms with van der Waals surface area (Å²) >= 11 is 0. The van der Waals surface area contributed by atoms with Gasteiger partial charge in [-0.3, -0.25) is 15.0 Å². The van der Waals surface area contributed by atoms with Crippen molar-refractivity contribution in [3.8, 4) is 5.75 Å². The Labute approximate surface area is 156 Å². The number of H-pyrrole nitrogens is 1. The second kappa shape index (κ2) is 5.36. The molecule has 5 rings (SSSR count). The van der Waals surface area contributed by atoms with Crippen LogP contribution in [0.4, 0.5) is 4.79 Å². The average Bonchev–Trinajstić information content (AvgIpc) is 3.14. The Balaban J connectivity index is 1.81. The lowest BCUT2D eigenvalue weighted by Gasteiger charge is -2.42. The number of aromatic amines is 1. The van der Waals surface area contributed by atoms with Crippen LogP contribution in [0.15, 0.2) is 48.5 Å². The molecule has 2 unspecified atom stereocenters. The number of hydrogen-bond acceptors (Lipinski definition) is 3. The molecule has 3 aromatic rings. The summed E-state index contributed by atoms with van der Waals surface area (Å²) in [7, 11) is 1.64. The molecule has 0 spiro atoms. The molecule has 2 aliphatic rings. The molecule has 6 nitrogen and oxygen atoms in total. The third-order valence-electron chi connectivity index (χ3n) is 5.77. The molecule has 1 saturated heterocycles. The molecule has 136 valence electrons. The number of ether oxygens (including phenoxy) is 1. The SMILES string of the molecule is COc1ccc2[nH]c3c(c2c1)CC1(C)C(=O)NC(=O)N1C3c1ccccc1. The van der Waals surface area contributed by atoms with E-state index in [-0.39, 0.29) is 18.0 Å². The number of urea groups is 1. The van der Waals surface area contributed by atoms with Crippen LogP contribution in [-0.2, 0) is 11.2 Å². The van der Waals surface area contributed by atoms with Crippen molar-refractivity contribution in [1.82, 2.24) is 15.2 Å². The van der Waals surface area contributed by atoms with Crippen molar-refractivity contribution in [3.05, 3.63) is 65.4 Å². The summed E-state index contributed by atoms with van der Waals surface area (Å²) in [5.74, 6) is 0.511. The topological polar surface area (TPSA) is 74.4 Å². The first-order valence-corrected chi connectivity index (χ1v) is 8.91. The molecular weight excluding hydrogens is 342 g/mol. The number of amides is 3. The maximum Gasteiger partial charge on any atom is 0.325 e. The maximum atomic E-state index is 12.7. The van der Waals surface area contributed by atoms with Gasteiger partial charge in [-0.05, 0) is 36.2 Å². The number of benzene rings is 2. The van der Waals surface area contributed by atoms with Crippen molar-refractivity contribution in [2.24, 2.45) is 0 Å². The molecule has 27 heavy (non-hydrogen) atoms. The van der Waals surface area contributed by atoms with Crippen molar-refractivity contribution >= 4 is 22.8 Å². The Bertz CT molecular complexity index is 1090. The zero-order valence-corrected chi connectivity index (χ0v) is 15.1. The normalized spacial score (nSPS) is 23.9. The third-order valence-corrected chi connectivity index (χ3v) is 5.77. The molecule has 3 heterocycles. The van der Waals surface area contributed by atoms with E-state index in [4.69, 9.17) is 4.74 Å². The highest BCUT2D eigenvalue weighted by Gasteiger charge is 2.56.